The number of carbonyl (C=O) groups is 3. The van der Waals surface area contributed by atoms with Crippen LogP contribution in [-0.2, 0) is 19.1 Å². The van der Waals surface area contributed by atoms with E-state index in [0.717, 1.165) is 75.2 Å². The van der Waals surface area contributed by atoms with Crippen LogP contribution in [0.25, 0.3) is 0 Å². The molecule has 0 bridgehead atoms. The van der Waals surface area contributed by atoms with Crippen molar-refractivity contribution in [3.05, 3.63) is 42.5 Å². The number of hydrogen-bond acceptors (Lipinski definition) is 6. The summed E-state index contributed by atoms with van der Waals surface area (Å²) in [6.45, 7) is 6.38. The van der Waals surface area contributed by atoms with Gasteiger partial charge in [0.05, 0.1) is 24.7 Å². The Balaban J connectivity index is 1.30. The average Bonchev–Trinajstić information content (AvgIpc) is 2.94. The lowest BCUT2D eigenvalue weighted by Crippen LogP contribution is -2.30. The smallest absolute Gasteiger partial charge is 0.338 e. The van der Waals surface area contributed by atoms with Gasteiger partial charge < -0.3 is 14.2 Å². The van der Waals surface area contributed by atoms with Gasteiger partial charge in [0.2, 0.25) is 0 Å². The Morgan fingerprint density at radius 2 is 1.38 bits per heavy atom. The van der Waals surface area contributed by atoms with Crippen molar-refractivity contribution in [1.82, 2.24) is 0 Å². The van der Waals surface area contributed by atoms with Gasteiger partial charge in [-0.3, -0.25) is 4.79 Å². The molecular weight excluding hydrogens is 468 g/mol. The molecule has 37 heavy (non-hydrogen) atoms. The summed E-state index contributed by atoms with van der Waals surface area (Å²) in [6.07, 6.45) is 15.4. The van der Waals surface area contributed by atoms with Crippen LogP contribution in [-0.4, -0.2) is 31.1 Å². The molecule has 2 aliphatic rings. The highest BCUT2D eigenvalue weighted by atomic mass is 16.5. The molecule has 2 fully saturated rings. The topological polar surface area (TPSA) is 78.9 Å². The van der Waals surface area contributed by atoms with E-state index in [1.807, 2.05) is 0 Å². The van der Waals surface area contributed by atoms with Crippen LogP contribution in [0.2, 0.25) is 0 Å². The van der Waals surface area contributed by atoms with Crippen molar-refractivity contribution >= 4 is 17.9 Å². The van der Waals surface area contributed by atoms with Crippen molar-refractivity contribution in [2.24, 2.45) is 23.7 Å². The predicted molar refractivity (Wildman–Crippen MR) is 143 cm³/mol. The van der Waals surface area contributed by atoms with E-state index in [4.69, 9.17) is 14.2 Å². The second kappa shape index (κ2) is 15.6. The summed E-state index contributed by atoms with van der Waals surface area (Å²) >= 11 is 0. The van der Waals surface area contributed by atoms with Gasteiger partial charge in [0.25, 0.3) is 0 Å². The van der Waals surface area contributed by atoms with Crippen LogP contribution in [0.5, 0.6) is 5.75 Å². The molecule has 0 saturated heterocycles. The van der Waals surface area contributed by atoms with E-state index < -0.39 is 5.97 Å². The van der Waals surface area contributed by atoms with Gasteiger partial charge >= 0.3 is 17.9 Å². The molecule has 6 heteroatoms. The van der Waals surface area contributed by atoms with Gasteiger partial charge in [-0.2, -0.15) is 0 Å². The van der Waals surface area contributed by atoms with Gasteiger partial charge in [-0.1, -0.05) is 32.8 Å². The van der Waals surface area contributed by atoms with Gasteiger partial charge in [0, 0.05) is 6.08 Å². The fourth-order valence-corrected chi connectivity index (χ4v) is 5.79. The molecule has 204 valence electrons. The number of rotatable bonds is 13. The fourth-order valence-electron chi connectivity index (χ4n) is 5.79. The number of hydrogen-bond donors (Lipinski definition) is 0. The third-order valence-corrected chi connectivity index (χ3v) is 8.23. The Morgan fingerprint density at radius 1 is 0.811 bits per heavy atom. The molecular formula is C31H44O6. The van der Waals surface area contributed by atoms with E-state index in [1.54, 1.807) is 24.3 Å². The Kier molecular flexibility index (Phi) is 12.2. The lowest BCUT2D eigenvalue weighted by molar-refractivity contribution is -0.140. The second-order valence-electron chi connectivity index (χ2n) is 10.7. The highest BCUT2D eigenvalue weighted by molar-refractivity contribution is 5.89. The minimum absolute atomic E-state index is 0.0260. The van der Waals surface area contributed by atoms with Crippen molar-refractivity contribution < 1.29 is 28.6 Å². The fraction of sp³-hybridized carbons (Fsp3) is 0.645. The van der Waals surface area contributed by atoms with Crippen molar-refractivity contribution in [2.45, 2.75) is 90.4 Å². The molecule has 2 aliphatic carbocycles. The van der Waals surface area contributed by atoms with Crippen LogP contribution >= 0.6 is 0 Å². The zero-order chi connectivity index (χ0) is 26.5. The summed E-state index contributed by atoms with van der Waals surface area (Å²) in [5, 5.41) is 0. The minimum Gasteiger partial charge on any atom is -0.463 e. The quantitative estimate of drug-likeness (QED) is 0.122. The zero-order valence-electron chi connectivity index (χ0n) is 22.5. The predicted octanol–water partition coefficient (Wildman–Crippen LogP) is 7.06. The van der Waals surface area contributed by atoms with E-state index in [2.05, 4.69) is 13.5 Å². The Bertz CT molecular complexity index is 860. The molecule has 0 aliphatic heterocycles. The van der Waals surface area contributed by atoms with Gasteiger partial charge in [-0.15, -0.1) is 0 Å². The lowest BCUT2D eigenvalue weighted by Gasteiger charge is -2.37. The maximum Gasteiger partial charge on any atom is 0.338 e. The molecule has 0 amide bonds. The van der Waals surface area contributed by atoms with Crippen LogP contribution < -0.4 is 4.74 Å². The first-order chi connectivity index (χ1) is 18.0. The highest BCUT2D eigenvalue weighted by Crippen LogP contribution is 2.42. The third-order valence-electron chi connectivity index (χ3n) is 8.23. The molecule has 3 rings (SSSR count). The van der Waals surface area contributed by atoms with Crippen LogP contribution in [0.4, 0.5) is 0 Å². The van der Waals surface area contributed by atoms with Crippen LogP contribution in [0.1, 0.15) is 101 Å². The molecule has 1 aromatic carbocycles. The minimum atomic E-state index is -0.406. The Morgan fingerprint density at radius 3 is 1.95 bits per heavy atom. The first-order valence-electron chi connectivity index (χ1n) is 14.3. The van der Waals surface area contributed by atoms with Gasteiger partial charge in [0.1, 0.15) is 5.75 Å². The number of ether oxygens (including phenoxy) is 3. The van der Waals surface area contributed by atoms with Crippen molar-refractivity contribution in [3.8, 4) is 5.75 Å². The first kappa shape index (κ1) is 28.9. The number of benzene rings is 1. The standard InChI is InChI=1S/C31H44O6/c1-3-23-9-11-24(12-10-23)25-13-15-27(16-14-25)31(34)37-28-19-17-26(18-20-28)30(33)36-22-8-6-5-7-21-35-29(32)4-2/h4,17-20,23-25,27H,2-3,5-16,21-22H2,1H3. The molecule has 0 unspecified atom stereocenters. The molecule has 2 saturated carbocycles. The van der Waals surface area contributed by atoms with E-state index in [9.17, 15) is 14.4 Å². The first-order valence-corrected chi connectivity index (χ1v) is 14.3. The average molecular weight is 513 g/mol. The third kappa shape index (κ3) is 9.64. The van der Waals surface area contributed by atoms with Crippen molar-refractivity contribution in [1.29, 1.82) is 0 Å². The lowest BCUT2D eigenvalue weighted by atomic mass is 9.69. The van der Waals surface area contributed by atoms with E-state index in [0.29, 0.717) is 24.5 Å². The summed E-state index contributed by atoms with van der Waals surface area (Å²) in [5.74, 6) is 2.05. The summed E-state index contributed by atoms with van der Waals surface area (Å²) < 4.78 is 15.9. The summed E-state index contributed by atoms with van der Waals surface area (Å²) in [7, 11) is 0. The van der Waals surface area contributed by atoms with Crippen molar-refractivity contribution in [2.75, 3.05) is 13.2 Å². The monoisotopic (exact) mass is 512 g/mol. The van der Waals surface area contributed by atoms with Gasteiger partial charge in [0.15, 0.2) is 0 Å². The van der Waals surface area contributed by atoms with E-state index in [-0.39, 0.29) is 17.9 Å². The van der Waals surface area contributed by atoms with E-state index in [1.165, 1.54) is 32.1 Å². The van der Waals surface area contributed by atoms with Gasteiger partial charge in [-0.25, -0.2) is 9.59 Å². The SMILES string of the molecule is C=CC(=O)OCCCCCCOC(=O)c1ccc(OC(=O)C2CCC(C3CCC(CC)CC3)CC2)cc1. The van der Waals surface area contributed by atoms with Crippen LogP contribution in [0.3, 0.4) is 0 Å². The molecule has 0 aromatic heterocycles. The zero-order valence-corrected chi connectivity index (χ0v) is 22.5. The molecule has 6 nitrogen and oxygen atoms in total. The molecule has 0 spiro atoms. The van der Waals surface area contributed by atoms with Crippen LogP contribution in [0, 0.1) is 23.7 Å². The van der Waals surface area contributed by atoms with Gasteiger partial charge in [-0.05, 0) is 106 Å². The summed E-state index contributed by atoms with van der Waals surface area (Å²) in [5.41, 5.74) is 0.439. The molecule has 0 heterocycles. The molecule has 0 N–H and O–H groups in total. The van der Waals surface area contributed by atoms with Crippen molar-refractivity contribution in [3.63, 3.8) is 0 Å². The normalized spacial score (nSPS) is 23.6. The maximum atomic E-state index is 12.7. The number of esters is 3. The number of unbranched alkanes of at least 4 members (excludes halogenated alkanes) is 3. The van der Waals surface area contributed by atoms with E-state index >= 15 is 0 Å². The second-order valence-corrected chi connectivity index (χ2v) is 10.7. The molecule has 0 atom stereocenters. The molecule has 0 radical (unpaired) electrons. The Labute approximate surface area is 222 Å². The summed E-state index contributed by atoms with van der Waals surface area (Å²) in [6, 6.07) is 6.61. The maximum absolute atomic E-state index is 12.7. The summed E-state index contributed by atoms with van der Waals surface area (Å²) in [4.78, 5) is 36.0. The van der Waals surface area contributed by atoms with Crippen LogP contribution in [0.15, 0.2) is 36.9 Å². The molecule has 1 aromatic rings. The largest absolute Gasteiger partial charge is 0.463 e. The number of carbonyl (C=O) groups excluding carboxylic acids is 3. The highest BCUT2D eigenvalue weighted by Gasteiger charge is 2.33. The Hall–Kier alpha value is -2.63.